The summed E-state index contributed by atoms with van der Waals surface area (Å²) in [7, 11) is 4.45. The molecule has 0 heterocycles. The van der Waals surface area contributed by atoms with E-state index < -0.39 is 0 Å². The highest BCUT2D eigenvalue weighted by Gasteiger charge is 2.47. The van der Waals surface area contributed by atoms with Gasteiger partial charge in [0.15, 0.2) is 0 Å². The highest BCUT2D eigenvalue weighted by Crippen LogP contribution is 2.56. The first-order valence-electron chi connectivity index (χ1n) is 8.36. The third-order valence-corrected chi connectivity index (χ3v) is 5.82. The Morgan fingerprint density at radius 2 is 1.71 bits per heavy atom. The highest BCUT2D eigenvalue weighted by atomic mass is 15.1. The van der Waals surface area contributed by atoms with Crippen LogP contribution in [0.2, 0.25) is 0 Å². The van der Waals surface area contributed by atoms with E-state index in [9.17, 15) is 0 Å². The predicted octanol–water partition coefficient (Wildman–Crippen LogP) is 4.53. The number of fused-ring (bicyclic) bond motifs is 3. The molecule has 0 spiro atoms. The molecule has 0 aliphatic heterocycles. The summed E-state index contributed by atoms with van der Waals surface area (Å²) in [5.74, 6) is 3.55. The Kier molecular flexibility index (Phi) is 3.26. The standard InChI is InChI=1S/C20H25N/c1-21(2)13-19-16-8-10-18(12-16)20(19)17-9-7-14-5-3-4-6-15(14)11-17/h3-7,9,11,16,18-20H,8,10,12-13H2,1-2H3/t16-,18+,19?,20?/m0/s1. The summed E-state index contributed by atoms with van der Waals surface area (Å²) in [6.07, 6.45) is 4.38. The van der Waals surface area contributed by atoms with Crippen LogP contribution in [-0.4, -0.2) is 25.5 Å². The first-order valence-corrected chi connectivity index (χ1v) is 8.36. The zero-order valence-corrected chi connectivity index (χ0v) is 13.1. The number of benzene rings is 2. The van der Waals surface area contributed by atoms with Gasteiger partial charge in [0.2, 0.25) is 0 Å². The van der Waals surface area contributed by atoms with Crippen molar-refractivity contribution in [3.05, 3.63) is 48.0 Å². The van der Waals surface area contributed by atoms with Gasteiger partial charge in [-0.1, -0.05) is 42.5 Å². The molecular weight excluding hydrogens is 254 g/mol. The van der Waals surface area contributed by atoms with Crippen molar-refractivity contribution >= 4 is 10.8 Å². The maximum absolute atomic E-state index is 2.46. The van der Waals surface area contributed by atoms with Crippen molar-refractivity contribution in [1.29, 1.82) is 0 Å². The molecule has 0 amide bonds. The molecule has 0 aromatic heterocycles. The van der Waals surface area contributed by atoms with E-state index in [1.807, 2.05) is 0 Å². The molecule has 4 rings (SSSR count). The smallest absolute Gasteiger partial charge is 0.00122 e. The number of nitrogens with zero attached hydrogens (tertiary/aromatic N) is 1. The maximum Gasteiger partial charge on any atom is 0.00122 e. The van der Waals surface area contributed by atoms with Crippen LogP contribution in [0.15, 0.2) is 42.5 Å². The van der Waals surface area contributed by atoms with Crippen molar-refractivity contribution in [3.63, 3.8) is 0 Å². The van der Waals surface area contributed by atoms with Gasteiger partial charge in [-0.15, -0.1) is 0 Å². The average Bonchev–Trinajstić information content (AvgIpc) is 3.07. The van der Waals surface area contributed by atoms with Gasteiger partial charge in [-0.05, 0) is 73.4 Å². The Labute approximate surface area is 128 Å². The van der Waals surface area contributed by atoms with Gasteiger partial charge < -0.3 is 4.90 Å². The Morgan fingerprint density at radius 1 is 0.952 bits per heavy atom. The van der Waals surface area contributed by atoms with Crippen LogP contribution in [0, 0.1) is 17.8 Å². The van der Waals surface area contributed by atoms with Crippen LogP contribution in [0.1, 0.15) is 30.7 Å². The molecule has 110 valence electrons. The third-order valence-electron chi connectivity index (χ3n) is 5.82. The first-order chi connectivity index (χ1) is 10.2. The zero-order chi connectivity index (χ0) is 14.4. The number of hydrogen-bond acceptors (Lipinski definition) is 1. The van der Waals surface area contributed by atoms with E-state index in [0.717, 1.165) is 23.7 Å². The van der Waals surface area contributed by atoms with Crippen molar-refractivity contribution in [1.82, 2.24) is 4.90 Å². The lowest BCUT2D eigenvalue weighted by Gasteiger charge is -2.33. The van der Waals surface area contributed by atoms with Gasteiger partial charge in [0.1, 0.15) is 0 Å². The van der Waals surface area contributed by atoms with E-state index in [-0.39, 0.29) is 0 Å². The number of hydrogen-bond donors (Lipinski definition) is 0. The van der Waals surface area contributed by atoms with Gasteiger partial charge in [-0.3, -0.25) is 0 Å². The average molecular weight is 279 g/mol. The van der Waals surface area contributed by atoms with Crippen molar-refractivity contribution in [3.8, 4) is 0 Å². The summed E-state index contributed by atoms with van der Waals surface area (Å²) < 4.78 is 0. The van der Waals surface area contributed by atoms with Crippen molar-refractivity contribution in [2.45, 2.75) is 25.2 Å². The minimum atomic E-state index is 0.788. The van der Waals surface area contributed by atoms with E-state index in [0.29, 0.717) is 0 Å². The van der Waals surface area contributed by atoms with E-state index in [2.05, 4.69) is 61.5 Å². The Hall–Kier alpha value is -1.34. The van der Waals surface area contributed by atoms with Crippen LogP contribution in [-0.2, 0) is 0 Å². The molecule has 2 unspecified atom stereocenters. The molecule has 21 heavy (non-hydrogen) atoms. The van der Waals surface area contributed by atoms with Gasteiger partial charge in [0.05, 0.1) is 0 Å². The summed E-state index contributed by atoms with van der Waals surface area (Å²) >= 11 is 0. The molecule has 2 aromatic carbocycles. The van der Waals surface area contributed by atoms with E-state index in [4.69, 9.17) is 0 Å². The molecular formula is C20H25N. The van der Waals surface area contributed by atoms with Crippen molar-refractivity contribution < 1.29 is 0 Å². The molecule has 2 fully saturated rings. The molecule has 1 heteroatoms. The fourth-order valence-corrected chi connectivity index (χ4v) is 5.03. The van der Waals surface area contributed by atoms with E-state index >= 15 is 0 Å². The van der Waals surface area contributed by atoms with Crippen molar-refractivity contribution in [2.24, 2.45) is 17.8 Å². The Morgan fingerprint density at radius 3 is 2.52 bits per heavy atom. The lowest BCUT2D eigenvalue weighted by atomic mass is 9.75. The normalized spacial score (nSPS) is 31.4. The Bertz CT molecular complexity index is 645. The number of rotatable bonds is 3. The third kappa shape index (κ3) is 2.28. The molecule has 2 bridgehead atoms. The fourth-order valence-electron chi connectivity index (χ4n) is 5.03. The maximum atomic E-state index is 2.46. The molecule has 0 radical (unpaired) electrons. The summed E-state index contributed by atoms with van der Waals surface area (Å²) in [5.41, 5.74) is 1.59. The van der Waals surface area contributed by atoms with Crippen LogP contribution in [0.4, 0.5) is 0 Å². The quantitative estimate of drug-likeness (QED) is 0.798. The van der Waals surface area contributed by atoms with Crippen LogP contribution in [0.3, 0.4) is 0 Å². The largest absolute Gasteiger partial charge is 0.309 e. The van der Waals surface area contributed by atoms with Crippen LogP contribution in [0.5, 0.6) is 0 Å². The molecule has 2 aromatic rings. The second-order valence-electron chi connectivity index (χ2n) is 7.39. The monoisotopic (exact) mass is 279 g/mol. The molecule has 0 N–H and O–H groups in total. The first kappa shape index (κ1) is 13.3. The van der Waals surface area contributed by atoms with Crippen LogP contribution in [0.25, 0.3) is 10.8 Å². The van der Waals surface area contributed by atoms with Gasteiger partial charge in [0.25, 0.3) is 0 Å². The molecule has 0 saturated heterocycles. The van der Waals surface area contributed by atoms with Gasteiger partial charge in [-0.2, -0.15) is 0 Å². The lowest BCUT2D eigenvalue weighted by molar-refractivity contribution is 0.219. The van der Waals surface area contributed by atoms with Gasteiger partial charge in [0, 0.05) is 6.54 Å². The second kappa shape index (κ2) is 5.14. The predicted molar refractivity (Wildman–Crippen MR) is 89.6 cm³/mol. The zero-order valence-electron chi connectivity index (χ0n) is 13.1. The molecule has 4 atom stereocenters. The van der Waals surface area contributed by atoms with E-state index in [1.165, 1.54) is 36.6 Å². The SMILES string of the molecule is CN(C)CC1C(c2ccc3ccccc3c2)[C@@H]2CC[C@H]1C2. The van der Waals surface area contributed by atoms with Gasteiger partial charge in [-0.25, -0.2) is 0 Å². The minimum absolute atomic E-state index is 0.788. The second-order valence-corrected chi connectivity index (χ2v) is 7.39. The van der Waals surface area contributed by atoms with Crippen LogP contribution >= 0.6 is 0 Å². The summed E-state index contributed by atoms with van der Waals surface area (Å²) in [4.78, 5) is 2.39. The van der Waals surface area contributed by atoms with Crippen LogP contribution < -0.4 is 0 Å². The van der Waals surface area contributed by atoms with Gasteiger partial charge >= 0.3 is 0 Å². The molecule has 2 aliphatic rings. The van der Waals surface area contributed by atoms with Crippen molar-refractivity contribution in [2.75, 3.05) is 20.6 Å². The fraction of sp³-hybridized carbons (Fsp3) is 0.500. The summed E-state index contributed by atoms with van der Waals surface area (Å²) in [6.45, 7) is 1.25. The Balaban J connectivity index is 1.71. The summed E-state index contributed by atoms with van der Waals surface area (Å²) in [5, 5.41) is 2.77. The minimum Gasteiger partial charge on any atom is -0.309 e. The molecule has 2 aliphatic carbocycles. The summed E-state index contributed by atoms with van der Waals surface area (Å²) in [6, 6.07) is 16.0. The van der Waals surface area contributed by atoms with E-state index in [1.54, 1.807) is 5.56 Å². The molecule has 1 nitrogen and oxygen atoms in total. The highest BCUT2D eigenvalue weighted by molar-refractivity contribution is 5.83. The molecule has 2 saturated carbocycles. The topological polar surface area (TPSA) is 3.24 Å². The lowest BCUT2D eigenvalue weighted by Crippen LogP contribution is -2.30.